The normalized spacial score (nSPS) is 17.3. The van der Waals surface area contributed by atoms with E-state index in [0.717, 1.165) is 48.4 Å². The largest absolute Gasteiger partial charge is 0.474 e. The van der Waals surface area contributed by atoms with Gasteiger partial charge in [0.05, 0.1) is 65.7 Å². The minimum absolute atomic E-state index is 0.217. The number of nitrogens with one attached hydrogen (secondary N) is 9. The molecular formula is C108H138N16O25. The number of aliphatic carboxylic acids is 1. The standard InChI is InChI=1S/3C27H34N4O6.C14H19NO2.C13H17N3O5/c3*1-16-7-12-22(19-8-10-21(11-9-19)36-18(3)32)31(15-16)25(34)24(33)29-20-13-17(2)23(28-14-20)30-26(35)37-27(4,5)6;1-10-3-8-14(15-9-10)12-4-6-13(7-5-12)17-11(2)16;1-7-5-8(15-10(17)11(18)19)6-14-9(7)16-12(20)21-13(2,3)4/h3*8-11,13-14,16,22H,7,12,15H2,1-6H3,(H,29,33)(H,28,30,35);4-7,10,14-15H,3,8-9H2,1-2H3;5-6H,1-4H3,(H,15,17)(H,18,19)(H,14,16,20)/t3*16-,22+;10-,14+;/m1100./s1. The molecule has 41 nitrogen and oxygen atoms in total. The molecule has 4 aliphatic heterocycles. The Morgan fingerprint density at radius 2 is 0.530 bits per heavy atom. The lowest BCUT2D eigenvalue weighted by Gasteiger charge is -2.38. The third-order valence-electron chi connectivity index (χ3n) is 22.6. The summed E-state index contributed by atoms with van der Waals surface area (Å²) in [7, 11) is 0. The first-order valence-electron chi connectivity index (χ1n) is 48.8. The maximum atomic E-state index is 13.2. The summed E-state index contributed by atoms with van der Waals surface area (Å²) in [6, 6.07) is 34.7. The van der Waals surface area contributed by atoms with Crippen molar-refractivity contribution in [3.8, 4) is 23.0 Å². The Bertz CT molecular complexity index is 5680. The number of benzene rings is 4. The highest BCUT2D eigenvalue weighted by Crippen LogP contribution is 2.40. The van der Waals surface area contributed by atoms with Gasteiger partial charge in [0, 0.05) is 53.4 Å². The number of aromatic nitrogens is 4. The number of aryl methyl sites for hydroxylation is 4. The van der Waals surface area contributed by atoms with Crippen LogP contribution in [-0.4, -0.2) is 184 Å². The van der Waals surface area contributed by atoms with Gasteiger partial charge in [-0.3, -0.25) is 74.0 Å². The maximum absolute atomic E-state index is 13.2. The van der Waals surface area contributed by atoms with Crippen LogP contribution in [0.15, 0.2) is 146 Å². The summed E-state index contributed by atoms with van der Waals surface area (Å²) < 4.78 is 41.1. The molecule has 800 valence electrons. The van der Waals surface area contributed by atoms with Crippen molar-refractivity contribution in [3.63, 3.8) is 0 Å². The van der Waals surface area contributed by atoms with Crippen molar-refractivity contribution >= 4 is 142 Å². The van der Waals surface area contributed by atoms with E-state index < -0.39 is 112 Å². The predicted molar refractivity (Wildman–Crippen MR) is 556 cm³/mol. The first-order valence-corrected chi connectivity index (χ1v) is 48.8. The van der Waals surface area contributed by atoms with Crippen LogP contribution >= 0.6 is 0 Å². The molecule has 0 bridgehead atoms. The zero-order valence-corrected chi connectivity index (χ0v) is 88.8. The number of amides is 11. The molecule has 4 saturated heterocycles. The fourth-order valence-corrected chi connectivity index (χ4v) is 16.0. The van der Waals surface area contributed by atoms with Crippen LogP contribution in [0.3, 0.4) is 0 Å². The molecule has 4 aliphatic rings. The Balaban J connectivity index is 0.000000233. The molecule has 8 heterocycles. The summed E-state index contributed by atoms with van der Waals surface area (Å²) in [5.74, 6) is -4.00. The summed E-state index contributed by atoms with van der Waals surface area (Å²) in [4.78, 5) is 213. The fraction of sp³-hybridized carbons (Fsp3) is 0.444. The Morgan fingerprint density at radius 1 is 0.309 bits per heavy atom. The average Bonchev–Trinajstić information content (AvgIpc) is 0.807. The topological polar surface area (TPSA) is 537 Å². The summed E-state index contributed by atoms with van der Waals surface area (Å²) in [6.07, 6.45) is 10.1. The Labute approximate surface area is 867 Å². The molecule has 4 aromatic heterocycles. The molecule has 0 saturated carbocycles. The molecule has 149 heavy (non-hydrogen) atoms. The number of hydrogen-bond donors (Lipinski definition) is 10. The molecule has 10 N–H and O–H groups in total. The first kappa shape index (κ1) is 118. The maximum Gasteiger partial charge on any atom is 0.413 e. The molecular weight excluding hydrogens is 1920 g/mol. The van der Waals surface area contributed by atoms with Gasteiger partial charge >= 0.3 is 95.6 Å². The van der Waals surface area contributed by atoms with Crippen molar-refractivity contribution in [1.82, 2.24) is 40.0 Å². The van der Waals surface area contributed by atoms with Crippen molar-refractivity contribution in [3.05, 3.63) is 191 Å². The van der Waals surface area contributed by atoms with Crippen molar-refractivity contribution in [2.45, 2.75) is 264 Å². The molecule has 0 radical (unpaired) electrons. The van der Waals surface area contributed by atoms with Crippen LogP contribution < -0.4 is 66.8 Å². The number of esters is 4. The molecule has 0 aliphatic carbocycles. The van der Waals surface area contributed by atoms with Crippen LogP contribution in [-0.2, 0) is 76.5 Å². The van der Waals surface area contributed by atoms with E-state index in [1.807, 2.05) is 45.0 Å². The van der Waals surface area contributed by atoms with Crippen LogP contribution in [0.4, 0.5) is 65.2 Å². The van der Waals surface area contributed by atoms with Crippen LogP contribution in [0.5, 0.6) is 23.0 Å². The van der Waals surface area contributed by atoms with E-state index in [4.69, 9.17) is 43.0 Å². The Hall–Kier alpha value is -15.8. The van der Waals surface area contributed by atoms with E-state index in [-0.39, 0.29) is 53.4 Å². The first-order chi connectivity index (χ1) is 69.7. The van der Waals surface area contributed by atoms with Gasteiger partial charge in [-0.2, -0.15) is 0 Å². The van der Waals surface area contributed by atoms with Crippen molar-refractivity contribution < 1.29 is 120 Å². The number of piperidine rings is 4. The molecule has 0 spiro atoms. The lowest BCUT2D eigenvalue weighted by atomic mass is 9.89. The minimum Gasteiger partial charge on any atom is -0.474 e. The van der Waals surface area contributed by atoms with Crippen LogP contribution in [0.1, 0.15) is 259 Å². The van der Waals surface area contributed by atoms with Crippen molar-refractivity contribution in [1.29, 1.82) is 0 Å². The zero-order chi connectivity index (χ0) is 110. The number of rotatable bonds is 16. The number of nitrogens with zero attached hydrogens (tertiary/aromatic N) is 7. The van der Waals surface area contributed by atoms with E-state index in [0.29, 0.717) is 125 Å². The highest BCUT2D eigenvalue weighted by molar-refractivity contribution is 6.41. The second-order valence-electron chi connectivity index (χ2n) is 40.9. The molecule has 8 atom stereocenters. The van der Waals surface area contributed by atoms with Crippen molar-refractivity contribution in [2.75, 3.05) is 68.7 Å². The third-order valence-corrected chi connectivity index (χ3v) is 22.6. The van der Waals surface area contributed by atoms with E-state index in [1.54, 1.807) is 216 Å². The number of ether oxygens (including phenoxy) is 8. The van der Waals surface area contributed by atoms with Crippen LogP contribution in [0, 0.1) is 51.4 Å². The minimum atomic E-state index is -1.59. The van der Waals surface area contributed by atoms with Gasteiger partial charge in [-0.05, 0) is 310 Å². The number of carboxylic acid groups (broad SMARTS) is 1. The fourth-order valence-electron chi connectivity index (χ4n) is 16.0. The molecule has 0 unspecified atom stereocenters. The monoisotopic (exact) mass is 2060 g/mol. The molecule has 4 fully saturated rings. The van der Waals surface area contributed by atoms with E-state index >= 15 is 0 Å². The SMILES string of the molecule is CC(=O)Oc1ccc([C@@H]2CC[C@@H](C)CN2C(=O)C(=O)Nc2cnc(NC(=O)OC(C)(C)C)c(C)c2)cc1.CC(=O)Oc1ccc([C@@H]2CC[C@@H](C)CN2C(=O)C(=O)Nc2cnc(NC(=O)OC(C)(C)C)c(C)c2)cc1.CC(=O)Oc1ccc([C@H]2CC[C@H](C)CN2)cc1.CC(=O)Oc1ccc([C@H]2CC[C@H](C)CN2C(=O)C(=O)Nc2cnc(NC(=O)OC(C)(C)C)c(C)c2)cc1.Cc1cc(NC(=O)C(=O)O)cnc1NC(=O)OC(C)(C)C. The Kier molecular flexibility index (Phi) is 42.5. The second-order valence-corrected chi connectivity index (χ2v) is 40.9. The molecule has 11 amide bonds. The second kappa shape index (κ2) is 53.5. The van der Waals surface area contributed by atoms with E-state index in [1.165, 1.54) is 77.0 Å². The van der Waals surface area contributed by atoms with Gasteiger partial charge in [-0.15, -0.1) is 0 Å². The zero-order valence-electron chi connectivity index (χ0n) is 88.8. The van der Waals surface area contributed by atoms with Gasteiger partial charge in [0.1, 0.15) is 68.7 Å². The number of pyridine rings is 4. The summed E-state index contributed by atoms with van der Waals surface area (Å²) >= 11 is 0. The average molecular weight is 2060 g/mol. The third kappa shape index (κ3) is 39.8. The van der Waals surface area contributed by atoms with Gasteiger partial charge in [0.25, 0.3) is 0 Å². The number of carbonyl (C=O) groups is 16. The summed E-state index contributed by atoms with van der Waals surface area (Å²) in [5.41, 5.74) is 4.79. The number of anilines is 8. The van der Waals surface area contributed by atoms with Gasteiger partial charge in [0.15, 0.2) is 0 Å². The number of carbonyl (C=O) groups excluding carboxylic acids is 15. The van der Waals surface area contributed by atoms with Gasteiger partial charge in [0.2, 0.25) is 0 Å². The molecule has 4 aromatic carbocycles. The number of hydrogen-bond acceptors (Lipinski definition) is 29. The van der Waals surface area contributed by atoms with Gasteiger partial charge in [-0.1, -0.05) is 76.2 Å². The molecule has 41 heteroatoms. The number of carboxylic acids is 1. The van der Waals surface area contributed by atoms with E-state index in [2.05, 4.69) is 74.7 Å². The van der Waals surface area contributed by atoms with Crippen LogP contribution in [0.2, 0.25) is 0 Å². The lowest BCUT2D eigenvalue weighted by molar-refractivity contribution is -0.147. The Morgan fingerprint density at radius 3 is 0.732 bits per heavy atom. The van der Waals surface area contributed by atoms with Gasteiger partial charge < -0.3 is 84.3 Å². The molecule has 8 aromatic rings. The number of likely N-dealkylation sites (tertiary alicyclic amines) is 3. The van der Waals surface area contributed by atoms with Crippen molar-refractivity contribution in [2.24, 2.45) is 23.7 Å². The quantitative estimate of drug-likeness (QED) is 0.0186. The highest BCUT2D eigenvalue weighted by atomic mass is 16.6. The summed E-state index contributed by atoms with van der Waals surface area (Å²) in [6.45, 7) is 44.1. The highest BCUT2D eigenvalue weighted by Gasteiger charge is 2.39. The predicted octanol–water partition coefficient (Wildman–Crippen LogP) is 18.2. The lowest BCUT2D eigenvalue weighted by Crippen LogP contribution is -2.46. The van der Waals surface area contributed by atoms with Gasteiger partial charge in [-0.25, -0.2) is 43.9 Å². The molecule has 12 rings (SSSR count). The van der Waals surface area contributed by atoms with Crippen LogP contribution in [0.25, 0.3) is 0 Å². The smallest absolute Gasteiger partial charge is 0.413 e. The summed E-state index contributed by atoms with van der Waals surface area (Å²) in [5, 5.41) is 32.2. The van der Waals surface area contributed by atoms with E-state index in [9.17, 15) is 76.7 Å².